The molecule has 0 saturated heterocycles. The molecule has 0 spiro atoms. The standard InChI is InChI=1S/C17H16N4O4/c1-3-25-17(23)21-15-9-18-12-6-5-11(19-16(12)20-15)10-4-7-13(22)14(8-10)24-2/h4-9,22H,3H2,1-2H3,(H,19,20,21,23). The highest BCUT2D eigenvalue weighted by Gasteiger charge is 2.09. The topological polar surface area (TPSA) is 106 Å². The maximum atomic E-state index is 11.5. The van der Waals surface area contributed by atoms with E-state index in [2.05, 4.69) is 20.3 Å². The second kappa shape index (κ2) is 7.00. The van der Waals surface area contributed by atoms with Crippen LogP contribution in [0.1, 0.15) is 6.92 Å². The van der Waals surface area contributed by atoms with Crippen molar-refractivity contribution in [1.29, 1.82) is 0 Å². The molecule has 2 aromatic heterocycles. The number of benzene rings is 1. The normalized spacial score (nSPS) is 10.5. The highest BCUT2D eigenvalue weighted by Crippen LogP contribution is 2.31. The summed E-state index contributed by atoms with van der Waals surface area (Å²) >= 11 is 0. The first-order valence-electron chi connectivity index (χ1n) is 7.55. The quantitative estimate of drug-likeness (QED) is 0.752. The van der Waals surface area contributed by atoms with Gasteiger partial charge in [0.25, 0.3) is 0 Å². The molecule has 8 nitrogen and oxygen atoms in total. The van der Waals surface area contributed by atoms with E-state index >= 15 is 0 Å². The highest BCUT2D eigenvalue weighted by molar-refractivity contribution is 5.85. The van der Waals surface area contributed by atoms with Gasteiger partial charge in [-0.25, -0.2) is 19.7 Å². The average molecular weight is 340 g/mol. The molecule has 128 valence electrons. The van der Waals surface area contributed by atoms with Crippen molar-refractivity contribution in [2.45, 2.75) is 6.92 Å². The van der Waals surface area contributed by atoms with Crippen molar-refractivity contribution in [2.24, 2.45) is 0 Å². The molecule has 0 bridgehead atoms. The Bertz CT molecular complexity index is 930. The van der Waals surface area contributed by atoms with Gasteiger partial charge in [0.2, 0.25) is 0 Å². The number of aromatic nitrogens is 3. The number of ether oxygens (including phenoxy) is 2. The number of rotatable bonds is 4. The lowest BCUT2D eigenvalue weighted by atomic mass is 10.1. The van der Waals surface area contributed by atoms with Crippen molar-refractivity contribution in [3.8, 4) is 22.8 Å². The first-order valence-corrected chi connectivity index (χ1v) is 7.55. The van der Waals surface area contributed by atoms with Crippen LogP contribution in [-0.2, 0) is 4.74 Å². The number of nitrogens with zero attached hydrogens (tertiary/aromatic N) is 3. The molecule has 3 aromatic rings. The average Bonchev–Trinajstić information content (AvgIpc) is 2.61. The molecule has 0 aliphatic rings. The number of anilines is 1. The smallest absolute Gasteiger partial charge is 0.412 e. The second-order valence-corrected chi connectivity index (χ2v) is 5.03. The van der Waals surface area contributed by atoms with Crippen LogP contribution < -0.4 is 10.1 Å². The zero-order valence-electron chi connectivity index (χ0n) is 13.7. The van der Waals surface area contributed by atoms with Crippen LogP contribution in [0.2, 0.25) is 0 Å². The zero-order chi connectivity index (χ0) is 17.8. The number of carbonyl (C=O) groups is 1. The Kier molecular flexibility index (Phi) is 4.60. The minimum Gasteiger partial charge on any atom is -0.504 e. The molecular weight excluding hydrogens is 324 g/mol. The monoisotopic (exact) mass is 340 g/mol. The number of amides is 1. The number of aromatic hydroxyl groups is 1. The van der Waals surface area contributed by atoms with Gasteiger partial charge in [0.1, 0.15) is 5.52 Å². The summed E-state index contributed by atoms with van der Waals surface area (Å²) in [5, 5.41) is 12.2. The molecule has 3 rings (SSSR count). The lowest BCUT2D eigenvalue weighted by molar-refractivity contribution is 0.168. The summed E-state index contributed by atoms with van der Waals surface area (Å²) in [7, 11) is 1.48. The molecule has 0 unspecified atom stereocenters. The van der Waals surface area contributed by atoms with Gasteiger partial charge in [-0.1, -0.05) is 0 Å². The Morgan fingerprint density at radius 2 is 2.08 bits per heavy atom. The van der Waals surface area contributed by atoms with Crippen molar-refractivity contribution in [1.82, 2.24) is 15.0 Å². The number of pyridine rings is 1. The summed E-state index contributed by atoms with van der Waals surface area (Å²) in [4.78, 5) is 24.4. The molecule has 25 heavy (non-hydrogen) atoms. The Balaban J connectivity index is 1.96. The number of hydrogen-bond acceptors (Lipinski definition) is 7. The first-order chi connectivity index (χ1) is 12.1. The Morgan fingerprint density at radius 1 is 1.24 bits per heavy atom. The predicted molar refractivity (Wildman–Crippen MR) is 91.6 cm³/mol. The maximum absolute atomic E-state index is 11.5. The maximum Gasteiger partial charge on any atom is 0.412 e. The Morgan fingerprint density at radius 3 is 2.84 bits per heavy atom. The van der Waals surface area contributed by atoms with E-state index in [1.807, 2.05) is 0 Å². The summed E-state index contributed by atoms with van der Waals surface area (Å²) in [6.45, 7) is 1.98. The van der Waals surface area contributed by atoms with Gasteiger partial charge in [0.05, 0.1) is 25.6 Å². The second-order valence-electron chi connectivity index (χ2n) is 5.03. The van der Waals surface area contributed by atoms with Crippen LogP contribution in [0.3, 0.4) is 0 Å². The number of hydrogen-bond donors (Lipinski definition) is 2. The van der Waals surface area contributed by atoms with Crippen molar-refractivity contribution in [3.63, 3.8) is 0 Å². The van der Waals surface area contributed by atoms with Gasteiger partial charge in [-0.2, -0.15) is 0 Å². The number of fused-ring (bicyclic) bond motifs is 1. The lowest BCUT2D eigenvalue weighted by Gasteiger charge is -2.08. The third kappa shape index (κ3) is 3.57. The molecular formula is C17H16N4O4. The summed E-state index contributed by atoms with van der Waals surface area (Å²) in [6.07, 6.45) is 0.833. The molecule has 0 aliphatic heterocycles. The number of nitrogens with one attached hydrogen (secondary N) is 1. The first kappa shape index (κ1) is 16.4. The van der Waals surface area contributed by atoms with Crippen molar-refractivity contribution in [2.75, 3.05) is 19.0 Å². The van der Waals surface area contributed by atoms with Crippen LogP contribution in [0.4, 0.5) is 10.6 Å². The highest BCUT2D eigenvalue weighted by atomic mass is 16.5. The lowest BCUT2D eigenvalue weighted by Crippen LogP contribution is -2.14. The number of phenols is 1. The predicted octanol–water partition coefficient (Wildman–Crippen LogP) is 2.97. The van der Waals surface area contributed by atoms with Gasteiger partial charge in [0.15, 0.2) is 23.0 Å². The molecule has 1 aromatic carbocycles. The number of carbonyl (C=O) groups excluding carboxylic acids is 1. The largest absolute Gasteiger partial charge is 0.504 e. The van der Waals surface area contributed by atoms with E-state index in [1.54, 1.807) is 31.2 Å². The molecule has 0 aliphatic carbocycles. The fraction of sp³-hybridized carbons (Fsp3) is 0.176. The number of phenolic OH excluding ortho intramolecular Hbond substituents is 1. The molecule has 2 N–H and O–H groups in total. The van der Waals surface area contributed by atoms with E-state index in [4.69, 9.17) is 9.47 Å². The zero-order valence-corrected chi connectivity index (χ0v) is 13.7. The van der Waals surface area contributed by atoms with E-state index in [9.17, 15) is 9.90 Å². The third-order valence-corrected chi connectivity index (χ3v) is 3.39. The minimum atomic E-state index is -0.601. The van der Waals surface area contributed by atoms with Crippen LogP contribution in [-0.4, -0.2) is 39.9 Å². The van der Waals surface area contributed by atoms with Crippen LogP contribution in [0.25, 0.3) is 22.4 Å². The third-order valence-electron chi connectivity index (χ3n) is 3.39. The summed E-state index contributed by atoms with van der Waals surface area (Å²) in [6, 6.07) is 8.50. The number of methoxy groups -OCH3 is 1. The van der Waals surface area contributed by atoms with Crippen molar-refractivity contribution >= 4 is 23.1 Å². The molecule has 1 amide bonds. The van der Waals surface area contributed by atoms with Gasteiger partial charge in [-0.15, -0.1) is 0 Å². The fourth-order valence-electron chi connectivity index (χ4n) is 2.23. The molecule has 0 radical (unpaired) electrons. The van der Waals surface area contributed by atoms with Gasteiger partial charge >= 0.3 is 6.09 Å². The summed E-state index contributed by atoms with van der Waals surface area (Å²) in [5.74, 6) is 0.648. The minimum absolute atomic E-state index is 0.0488. The van der Waals surface area contributed by atoms with E-state index in [0.29, 0.717) is 22.6 Å². The van der Waals surface area contributed by atoms with Gasteiger partial charge in [-0.05, 0) is 37.3 Å². The van der Waals surface area contributed by atoms with Gasteiger partial charge in [-0.3, -0.25) is 5.32 Å². The fourth-order valence-corrected chi connectivity index (χ4v) is 2.23. The van der Waals surface area contributed by atoms with E-state index < -0.39 is 6.09 Å². The van der Waals surface area contributed by atoms with Crippen LogP contribution in [0.15, 0.2) is 36.5 Å². The van der Waals surface area contributed by atoms with E-state index in [0.717, 1.165) is 5.56 Å². The summed E-state index contributed by atoms with van der Waals surface area (Å²) < 4.78 is 9.93. The van der Waals surface area contributed by atoms with Gasteiger partial charge in [0, 0.05) is 5.56 Å². The Labute approximate surface area is 143 Å². The SMILES string of the molecule is CCOC(=O)Nc1cnc2ccc(-c3ccc(O)c(OC)c3)nc2n1. The molecule has 0 atom stereocenters. The van der Waals surface area contributed by atoms with Crippen molar-refractivity contribution in [3.05, 3.63) is 36.5 Å². The van der Waals surface area contributed by atoms with E-state index in [-0.39, 0.29) is 18.2 Å². The van der Waals surface area contributed by atoms with Crippen LogP contribution >= 0.6 is 0 Å². The molecule has 0 fully saturated rings. The van der Waals surface area contributed by atoms with E-state index in [1.165, 1.54) is 19.4 Å². The van der Waals surface area contributed by atoms with Crippen molar-refractivity contribution < 1.29 is 19.4 Å². The van der Waals surface area contributed by atoms with Crippen LogP contribution in [0.5, 0.6) is 11.5 Å². The summed E-state index contributed by atoms with van der Waals surface area (Å²) in [5.41, 5.74) is 2.35. The Hall–Kier alpha value is -3.42. The molecule has 0 saturated carbocycles. The van der Waals surface area contributed by atoms with Gasteiger partial charge < -0.3 is 14.6 Å². The molecule has 8 heteroatoms. The van der Waals surface area contributed by atoms with Crippen LogP contribution in [0, 0.1) is 0 Å². The molecule has 2 heterocycles.